The molecule has 4 nitrogen and oxygen atoms in total. The molecule has 0 heterocycles. The smallest absolute Gasteiger partial charge is 0.330 e. The van der Waals surface area contributed by atoms with Crippen molar-refractivity contribution in [1.82, 2.24) is 5.32 Å². The summed E-state index contributed by atoms with van der Waals surface area (Å²) in [6, 6.07) is 9.57. The lowest BCUT2D eigenvalue weighted by Crippen LogP contribution is -2.55. The van der Waals surface area contributed by atoms with E-state index in [-0.39, 0.29) is 12.8 Å². The Labute approximate surface area is 151 Å². The third-order valence-electron chi connectivity index (χ3n) is 4.82. The molecule has 5 heteroatoms. The van der Waals surface area contributed by atoms with E-state index >= 15 is 0 Å². The molecule has 3 rings (SSSR count). The lowest BCUT2D eigenvalue weighted by molar-refractivity contribution is -0.144. The molecule has 1 amide bonds. The Kier molecular flexibility index (Phi) is 4.64. The first kappa shape index (κ1) is 17.9. The number of aryl methyl sites for hydroxylation is 1. The minimum Gasteiger partial charge on any atom is -0.479 e. The number of aliphatic carboxylic acids is 1. The number of benzene rings is 2. The van der Waals surface area contributed by atoms with Gasteiger partial charge in [0.25, 0.3) is 5.91 Å². The van der Waals surface area contributed by atoms with Gasteiger partial charge in [-0.1, -0.05) is 30.4 Å². The Bertz CT molecular complexity index is 919. The van der Waals surface area contributed by atoms with Gasteiger partial charge in [-0.3, -0.25) is 4.79 Å². The third kappa shape index (κ3) is 3.12. The number of fused-ring (bicyclic) bond motifs is 1. The first-order chi connectivity index (χ1) is 12.4. The molecule has 0 radical (unpaired) electrons. The van der Waals surface area contributed by atoms with Crippen LogP contribution in [0.1, 0.15) is 39.5 Å². The zero-order valence-corrected chi connectivity index (χ0v) is 14.7. The van der Waals surface area contributed by atoms with Crippen LogP contribution in [0.15, 0.2) is 42.5 Å². The number of amides is 1. The molecule has 0 bridgehead atoms. The standard InChI is InChI=1S/C21H20FNO3/c1-3-5-17-13(2)6-4-7-18(17)19(24)23-21(20(25)26)11-14-8-9-16(22)10-15(14)12-21/h3-10H,11-12H2,1-2H3,(H,23,24)(H,25,26)/b5-3+. The van der Waals surface area contributed by atoms with E-state index in [4.69, 9.17) is 0 Å². The number of carbonyl (C=O) groups is 2. The molecule has 1 aliphatic carbocycles. The summed E-state index contributed by atoms with van der Waals surface area (Å²) in [5.41, 5.74) is 2.00. The minimum absolute atomic E-state index is 0.0614. The van der Waals surface area contributed by atoms with Crippen molar-refractivity contribution in [2.75, 3.05) is 0 Å². The second-order valence-electron chi connectivity index (χ2n) is 6.64. The van der Waals surface area contributed by atoms with Gasteiger partial charge in [-0.2, -0.15) is 0 Å². The molecule has 0 fully saturated rings. The van der Waals surface area contributed by atoms with Gasteiger partial charge >= 0.3 is 5.97 Å². The van der Waals surface area contributed by atoms with Gasteiger partial charge in [0.05, 0.1) is 0 Å². The maximum Gasteiger partial charge on any atom is 0.330 e. The molecule has 2 N–H and O–H groups in total. The monoisotopic (exact) mass is 353 g/mol. The second kappa shape index (κ2) is 6.75. The van der Waals surface area contributed by atoms with Crippen molar-refractivity contribution in [1.29, 1.82) is 0 Å². The van der Waals surface area contributed by atoms with Crippen LogP contribution in [0.3, 0.4) is 0 Å². The van der Waals surface area contributed by atoms with E-state index in [1.54, 1.807) is 18.2 Å². The second-order valence-corrected chi connectivity index (χ2v) is 6.64. The number of halogens is 1. The molecule has 0 aromatic heterocycles. The summed E-state index contributed by atoms with van der Waals surface area (Å²) in [4.78, 5) is 24.9. The number of carboxylic acids is 1. The highest BCUT2D eigenvalue weighted by Crippen LogP contribution is 2.32. The number of allylic oxidation sites excluding steroid dienone is 1. The van der Waals surface area contributed by atoms with E-state index in [1.807, 2.05) is 32.1 Å². The molecule has 1 aliphatic rings. The quantitative estimate of drug-likeness (QED) is 0.884. The van der Waals surface area contributed by atoms with Crippen LogP contribution in [0.4, 0.5) is 4.39 Å². The highest BCUT2D eigenvalue weighted by atomic mass is 19.1. The van der Waals surface area contributed by atoms with Crippen LogP contribution in [0.2, 0.25) is 0 Å². The van der Waals surface area contributed by atoms with Gasteiger partial charge in [-0.05, 0) is 54.3 Å². The van der Waals surface area contributed by atoms with Gasteiger partial charge in [0.2, 0.25) is 0 Å². The van der Waals surface area contributed by atoms with Gasteiger partial charge in [-0.15, -0.1) is 0 Å². The predicted molar refractivity (Wildman–Crippen MR) is 97.5 cm³/mol. The van der Waals surface area contributed by atoms with Crippen LogP contribution in [0.5, 0.6) is 0 Å². The average molecular weight is 353 g/mol. The Morgan fingerprint density at radius 2 is 1.92 bits per heavy atom. The number of carboxylic acid groups (broad SMARTS) is 1. The molecule has 1 unspecified atom stereocenters. The van der Waals surface area contributed by atoms with Crippen molar-refractivity contribution in [3.63, 3.8) is 0 Å². The van der Waals surface area contributed by atoms with Gasteiger partial charge < -0.3 is 10.4 Å². The largest absolute Gasteiger partial charge is 0.479 e. The summed E-state index contributed by atoms with van der Waals surface area (Å²) in [6.07, 6.45) is 3.86. The highest BCUT2D eigenvalue weighted by molar-refractivity contribution is 6.01. The summed E-state index contributed by atoms with van der Waals surface area (Å²) in [5.74, 6) is -1.98. The topological polar surface area (TPSA) is 66.4 Å². The summed E-state index contributed by atoms with van der Waals surface area (Å²) in [6.45, 7) is 3.75. The number of nitrogens with one attached hydrogen (secondary N) is 1. The number of hydrogen-bond acceptors (Lipinski definition) is 2. The van der Waals surface area contributed by atoms with Crippen molar-refractivity contribution in [3.05, 3.63) is 76.1 Å². The molecule has 26 heavy (non-hydrogen) atoms. The number of hydrogen-bond donors (Lipinski definition) is 2. The molecule has 134 valence electrons. The summed E-state index contributed by atoms with van der Waals surface area (Å²) < 4.78 is 13.5. The van der Waals surface area contributed by atoms with Crippen LogP contribution >= 0.6 is 0 Å². The maximum absolute atomic E-state index is 13.5. The van der Waals surface area contributed by atoms with Crippen LogP contribution in [0.25, 0.3) is 6.08 Å². The lowest BCUT2D eigenvalue weighted by Gasteiger charge is -2.26. The minimum atomic E-state index is -1.47. The lowest BCUT2D eigenvalue weighted by atomic mass is 9.94. The Morgan fingerprint density at radius 3 is 2.62 bits per heavy atom. The fourth-order valence-corrected chi connectivity index (χ4v) is 3.49. The fourth-order valence-electron chi connectivity index (χ4n) is 3.49. The molecule has 0 aliphatic heterocycles. The van der Waals surface area contributed by atoms with Crippen LogP contribution in [-0.2, 0) is 17.6 Å². The summed E-state index contributed by atoms with van der Waals surface area (Å²) in [5, 5.41) is 12.5. The summed E-state index contributed by atoms with van der Waals surface area (Å²) in [7, 11) is 0. The normalized spacial score (nSPS) is 18.7. The Balaban J connectivity index is 1.95. The van der Waals surface area contributed by atoms with Crippen molar-refractivity contribution in [2.45, 2.75) is 32.2 Å². The van der Waals surface area contributed by atoms with E-state index in [2.05, 4.69) is 5.32 Å². The van der Waals surface area contributed by atoms with Crippen molar-refractivity contribution in [2.24, 2.45) is 0 Å². The predicted octanol–water partition coefficient (Wildman–Crippen LogP) is 3.52. The molecule has 0 spiro atoms. The summed E-state index contributed by atoms with van der Waals surface area (Å²) >= 11 is 0. The van der Waals surface area contributed by atoms with Gasteiger partial charge in [0.15, 0.2) is 0 Å². The third-order valence-corrected chi connectivity index (χ3v) is 4.82. The highest BCUT2D eigenvalue weighted by Gasteiger charge is 2.45. The van der Waals surface area contributed by atoms with Gasteiger partial charge in [0.1, 0.15) is 11.4 Å². The molecule has 2 aromatic carbocycles. The molecule has 1 atom stereocenters. The van der Waals surface area contributed by atoms with Crippen molar-refractivity contribution < 1.29 is 19.1 Å². The number of rotatable bonds is 4. The Morgan fingerprint density at radius 1 is 1.19 bits per heavy atom. The van der Waals surface area contributed by atoms with Crippen LogP contribution in [0, 0.1) is 12.7 Å². The van der Waals surface area contributed by atoms with E-state index in [9.17, 15) is 19.1 Å². The maximum atomic E-state index is 13.5. The average Bonchev–Trinajstić information content (AvgIpc) is 2.95. The Hall–Kier alpha value is -2.95. The number of carbonyl (C=O) groups excluding carboxylic acids is 1. The zero-order chi connectivity index (χ0) is 18.9. The fraction of sp³-hybridized carbons (Fsp3) is 0.238. The molecule has 2 aromatic rings. The zero-order valence-electron chi connectivity index (χ0n) is 14.7. The first-order valence-electron chi connectivity index (χ1n) is 8.42. The molecular weight excluding hydrogens is 333 g/mol. The van der Waals surface area contributed by atoms with E-state index in [1.165, 1.54) is 12.1 Å². The first-order valence-corrected chi connectivity index (χ1v) is 8.42. The molecule has 0 saturated carbocycles. The van der Waals surface area contributed by atoms with Gasteiger partial charge in [-0.25, -0.2) is 9.18 Å². The molecule has 0 saturated heterocycles. The van der Waals surface area contributed by atoms with Crippen LogP contribution in [-0.4, -0.2) is 22.5 Å². The molecular formula is C21H20FNO3. The van der Waals surface area contributed by atoms with Gasteiger partial charge in [0, 0.05) is 18.4 Å². The van der Waals surface area contributed by atoms with Crippen molar-refractivity contribution >= 4 is 18.0 Å². The SMILES string of the molecule is C/C=C/c1c(C)cccc1C(=O)NC1(C(=O)O)Cc2ccc(F)cc2C1. The van der Waals surface area contributed by atoms with Crippen molar-refractivity contribution in [3.8, 4) is 0 Å². The van der Waals surface area contributed by atoms with E-state index < -0.39 is 23.2 Å². The van der Waals surface area contributed by atoms with E-state index in [0.717, 1.165) is 16.7 Å². The van der Waals surface area contributed by atoms with E-state index in [0.29, 0.717) is 11.1 Å². The van der Waals surface area contributed by atoms with Crippen LogP contribution < -0.4 is 5.32 Å².